The summed E-state index contributed by atoms with van der Waals surface area (Å²) in [5.41, 5.74) is 1.24. The number of anilines is 1. The minimum absolute atomic E-state index is 0.0870. The Morgan fingerprint density at radius 1 is 1.35 bits per heavy atom. The Morgan fingerprint density at radius 3 is 3.00 bits per heavy atom. The summed E-state index contributed by atoms with van der Waals surface area (Å²) in [5, 5.41) is 9.05. The van der Waals surface area contributed by atoms with Gasteiger partial charge in [-0.1, -0.05) is 0 Å². The molecule has 0 bridgehead atoms. The summed E-state index contributed by atoms with van der Waals surface area (Å²) in [6.07, 6.45) is 4.37. The average molecular weight is 369 g/mol. The van der Waals surface area contributed by atoms with Crippen molar-refractivity contribution in [2.24, 2.45) is 0 Å². The molecule has 0 atom stereocenters. The SMILES string of the molecule is O=C(Cc1csc(-c2ccco2)n1)Nc1ccc(-n2cncn2)c(F)c1. The van der Waals surface area contributed by atoms with Gasteiger partial charge in [0.1, 0.15) is 18.3 Å². The second kappa shape index (κ2) is 6.89. The molecule has 1 aromatic carbocycles. The molecular weight excluding hydrogens is 357 g/mol. The monoisotopic (exact) mass is 369 g/mol. The number of rotatable bonds is 5. The van der Waals surface area contributed by atoms with Crippen molar-refractivity contribution in [2.45, 2.75) is 6.42 Å². The number of amides is 1. The van der Waals surface area contributed by atoms with Crippen LogP contribution in [0.3, 0.4) is 0 Å². The minimum atomic E-state index is -0.512. The van der Waals surface area contributed by atoms with E-state index in [4.69, 9.17) is 4.42 Å². The number of thiazole rings is 1. The van der Waals surface area contributed by atoms with E-state index in [1.807, 2.05) is 6.07 Å². The fraction of sp³-hybridized carbons (Fsp3) is 0.0588. The third-order valence-electron chi connectivity index (χ3n) is 3.52. The van der Waals surface area contributed by atoms with Gasteiger partial charge in [-0.3, -0.25) is 4.79 Å². The van der Waals surface area contributed by atoms with Gasteiger partial charge in [-0.15, -0.1) is 11.3 Å². The summed E-state index contributed by atoms with van der Waals surface area (Å²) in [6, 6.07) is 7.96. The van der Waals surface area contributed by atoms with Crippen LogP contribution in [0.5, 0.6) is 0 Å². The van der Waals surface area contributed by atoms with Gasteiger partial charge in [0.15, 0.2) is 16.6 Å². The Hall–Kier alpha value is -3.33. The van der Waals surface area contributed by atoms with Crippen LogP contribution in [0.25, 0.3) is 16.5 Å². The van der Waals surface area contributed by atoms with Crippen molar-refractivity contribution in [1.29, 1.82) is 0 Å². The van der Waals surface area contributed by atoms with Crippen molar-refractivity contribution in [1.82, 2.24) is 19.7 Å². The second-order valence-corrected chi connectivity index (χ2v) is 6.21. The minimum Gasteiger partial charge on any atom is -0.462 e. The molecule has 0 saturated heterocycles. The molecule has 1 N–H and O–H groups in total. The van der Waals surface area contributed by atoms with E-state index in [-0.39, 0.29) is 18.0 Å². The normalized spacial score (nSPS) is 10.8. The summed E-state index contributed by atoms with van der Waals surface area (Å²) >= 11 is 1.40. The van der Waals surface area contributed by atoms with Crippen LogP contribution in [0.2, 0.25) is 0 Å². The van der Waals surface area contributed by atoms with Crippen LogP contribution < -0.4 is 5.32 Å². The molecule has 130 valence electrons. The van der Waals surface area contributed by atoms with Gasteiger partial charge in [-0.05, 0) is 30.3 Å². The van der Waals surface area contributed by atoms with Crippen LogP contribution in [-0.4, -0.2) is 25.7 Å². The van der Waals surface area contributed by atoms with Gasteiger partial charge in [0.05, 0.1) is 18.4 Å². The summed E-state index contributed by atoms with van der Waals surface area (Å²) in [5.74, 6) is -0.135. The Balaban J connectivity index is 1.43. The zero-order valence-corrected chi connectivity index (χ0v) is 14.1. The van der Waals surface area contributed by atoms with Gasteiger partial charge in [-0.25, -0.2) is 19.0 Å². The third-order valence-corrected chi connectivity index (χ3v) is 4.43. The largest absolute Gasteiger partial charge is 0.462 e. The third kappa shape index (κ3) is 3.38. The maximum absolute atomic E-state index is 14.2. The lowest BCUT2D eigenvalue weighted by atomic mass is 10.2. The molecule has 0 aliphatic heterocycles. The Kier molecular flexibility index (Phi) is 4.28. The van der Waals surface area contributed by atoms with E-state index in [0.717, 1.165) is 0 Å². The number of hydrogen-bond acceptors (Lipinski definition) is 6. The van der Waals surface area contributed by atoms with E-state index in [0.29, 0.717) is 22.1 Å². The predicted octanol–water partition coefficient (Wildman–Crippen LogP) is 3.30. The Labute approximate surface area is 151 Å². The number of nitrogens with one attached hydrogen (secondary N) is 1. The van der Waals surface area contributed by atoms with Crippen LogP contribution in [0.15, 0.2) is 59.0 Å². The van der Waals surface area contributed by atoms with E-state index in [1.165, 1.54) is 40.8 Å². The van der Waals surface area contributed by atoms with Crippen LogP contribution >= 0.6 is 11.3 Å². The van der Waals surface area contributed by atoms with Crippen molar-refractivity contribution in [3.63, 3.8) is 0 Å². The molecule has 0 radical (unpaired) electrons. The number of furan rings is 1. The molecule has 9 heteroatoms. The maximum atomic E-state index is 14.2. The van der Waals surface area contributed by atoms with Crippen LogP contribution in [0.1, 0.15) is 5.69 Å². The molecule has 0 unspecified atom stereocenters. The molecule has 26 heavy (non-hydrogen) atoms. The molecular formula is C17H12FN5O2S. The summed E-state index contributed by atoms with van der Waals surface area (Å²) in [4.78, 5) is 20.3. The molecule has 1 amide bonds. The van der Waals surface area contributed by atoms with Crippen LogP contribution in [0, 0.1) is 5.82 Å². The van der Waals surface area contributed by atoms with Gasteiger partial charge >= 0.3 is 0 Å². The number of carbonyl (C=O) groups is 1. The van der Waals surface area contributed by atoms with Crippen molar-refractivity contribution in [3.8, 4) is 16.5 Å². The number of carbonyl (C=O) groups excluding carboxylic acids is 1. The zero-order valence-electron chi connectivity index (χ0n) is 13.3. The van der Waals surface area contributed by atoms with Crippen LogP contribution in [0.4, 0.5) is 10.1 Å². The van der Waals surface area contributed by atoms with E-state index in [1.54, 1.807) is 23.8 Å². The number of halogens is 1. The van der Waals surface area contributed by atoms with Gasteiger partial charge in [0.2, 0.25) is 5.91 Å². The molecule has 4 aromatic rings. The van der Waals surface area contributed by atoms with Crippen molar-refractivity contribution in [2.75, 3.05) is 5.32 Å². The van der Waals surface area contributed by atoms with Crippen molar-refractivity contribution in [3.05, 3.63) is 66.1 Å². The molecule has 7 nitrogen and oxygen atoms in total. The fourth-order valence-corrected chi connectivity index (χ4v) is 3.16. The molecule has 3 heterocycles. The second-order valence-electron chi connectivity index (χ2n) is 5.35. The van der Waals surface area contributed by atoms with Crippen LogP contribution in [-0.2, 0) is 11.2 Å². The Bertz CT molecular complexity index is 1030. The van der Waals surface area contributed by atoms with E-state index in [2.05, 4.69) is 20.4 Å². The molecule has 0 fully saturated rings. The quantitative estimate of drug-likeness (QED) is 0.583. The molecule has 0 aliphatic carbocycles. The van der Waals surface area contributed by atoms with Gasteiger partial charge in [0.25, 0.3) is 0 Å². The predicted molar refractivity (Wildman–Crippen MR) is 93.5 cm³/mol. The first-order chi connectivity index (χ1) is 12.7. The lowest BCUT2D eigenvalue weighted by Gasteiger charge is -2.07. The summed E-state index contributed by atoms with van der Waals surface area (Å²) < 4.78 is 20.8. The number of nitrogens with zero attached hydrogens (tertiary/aromatic N) is 4. The lowest BCUT2D eigenvalue weighted by Crippen LogP contribution is -2.15. The molecule has 3 aromatic heterocycles. The molecule has 0 spiro atoms. The van der Waals surface area contributed by atoms with E-state index in [9.17, 15) is 9.18 Å². The highest BCUT2D eigenvalue weighted by Crippen LogP contribution is 2.24. The Morgan fingerprint density at radius 2 is 2.27 bits per heavy atom. The highest BCUT2D eigenvalue weighted by molar-refractivity contribution is 7.13. The maximum Gasteiger partial charge on any atom is 0.230 e. The van der Waals surface area contributed by atoms with E-state index < -0.39 is 5.82 Å². The zero-order chi connectivity index (χ0) is 17.9. The molecule has 0 aliphatic rings. The smallest absolute Gasteiger partial charge is 0.230 e. The topological polar surface area (TPSA) is 85.8 Å². The number of benzene rings is 1. The first-order valence-electron chi connectivity index (χ1n) is 7.62. The van der Waals surface area contributed by atoms with Gasteiger partial charge < -0.3 is 9.73 Å². The highest BCUT2D eigenvalue weighted by Gasteiger charge is 2.12. The standard InChI is InChI=1S/C17H12FN5O2S/c18-13-6-11(3-4-14(13)23-10-19-9-20-23)21-16(24)7-12-8-26-17(22-12)15-2-1-5-25-15/h1-6,8-10H,7H2,(H,21,24). The first kappa shape index (κ1) is 16.2. The van der Waals surface area contributed by atoms with Gasteiger partial charge in [-0.2, -0.15) is 5.10 Å². The van der Waals surface area contributed by atoms with E-state index >= 15 is 0 Å². The molecule has 4 rings (SSSR count). The lowest BCUT2D eigenvalue weighted by molar-refractivity contribution is -0.115. The number of aromatic nitrogens is 4. The van der Waals surface area contributed by atoms with Crippen molar-refractivity contribution >= 4 is 22.9 Å². The molecule has 0 saturated carbocycles. The summed E-state index contributed by atoms with van der Waals surface area (Å²) in [7, 11) is 0. The number of hydrogen-bond donors (Lipinski definition) is 1. The fourth-order valence-electron chi connectivity index (χ4n) is 2.37. The average Bonchev–Trinajstić information content (AvgIpc) is 3.37. The first-order valence-corrected chi connectivity index (χ1v) is 8.50. The highest BCUT2D eigenvalue weighted by atomic mass is 32.1. The van der Waals surface area contributed by atoms with Crippen molar-refractivity contribution < 1.29 is 13.6 Å². The van der Waals surface area contributed by atoms with Gasteiger partial charge in [0, 0.05) is 11.1 Å². The summed E-state index contributed by atoms with van der Waals surface area (Å²) in [6.45, 7) is 0.